The first-order valence-electron chi connectivity index (χ1n) is 4.58. The first kappa shape index (κ1) is 8.75. The molecule has 1 N–H and O–H groups in total. The second-order valence-corrected chi connectivity index (χ2v) is 3.13. The number of anilines is 1. The van der Waals surface area contributed by atoms with Crippen molar-refractivity contribution in [2.24, 2.45) is 0 Å². The molecule has 0 saturated heterocycles. The lowest BCUT2D eigenvalue weighted by Gasteiger charge is -2.06. The van der Waals surface area contributed by atoms with Crippen LogP contribution in [0.4, 0.5) is 5.69 Å². The number of amides is 1. The predicted octanol–water partition coefficient (Wildman–Crippen LogP) is 2.60. The molecule has 14 heavy (non-hydrogen) atoms. The van der Waals surface area contributed by atoms with E-state index in [0.717, 1.165) is 11.3 Å². The molecule has 0 saturated carbocycles. The number of nitrogens with one attached hydrogen (secondary N) is 1. The zero-order valence-electron chi connectivity index (χ0n) is 7.73. The molecule has 2 nitrogen and oxygen atoms in total. The van der Waals surface area contributed by atoms with Gasteiger partial charge in [-0.05, 0) is 11.6 Å². The Morgan fingerprint density at radius 3 is 2.93 bits per heavy atom. The van der Waals surface area contributed by atoms with Crippen LogP contribution in [-0.2, 0) is 4.79 Å². The monoisotopic (exact) mass is 185 g/mol. The van der Waals surface area contributed by atoms with E-state index in [1.54, 1.807) is 0 Å². The van der Waals surface area contributed by atoms with Gasteiger partial charge in [-0.25, -0.2) is 0 Å². The van der Waals surface area contributed by atoms with Gasteiger partial charge < -0.3 is 5.32 Å². The van der Waals surface area contributed by atoms with Crippen LogP contribution in [0.1, 0.15) is 12.0 Å². The third-order valence-corrected chi connectivity index (χ3v) is 2.06. The number of benzene rings is 1. The van der Waals surface area contributed by atoms with Crippen LogP contribution in [0.2, 0.25) is 0 Å². The first-order chi connectivity index (χ1) is 6.86. The lowest BCUT2D eigenvalue weighted by atomic mass is 10.1. The Balaban J connectivity index is 2.42. The second-order valence-electron chi connectivity index (χ2n) is 3.13. The van der Waals surface area contributed by atoms with Crippen molar-refractivity contribution in [3.63, 3.8) is 0 Å². The molecular formula is C12H11NO. The van der Waals surface area contributed by atoms with Gasteiger partial charge in [0.2, 0.25) is 5.91 Å². The Bertz CT molecular complexity index is 405. The van der Waals surface area contributed by atoms with Crippen LogP contribution in [0.5, 0.6) is 0 Å². The van der Waals surface area contributed by atoms with Gasteiger partial charge in [-0.3, -0.25) is 4.79 Å². The average Bonchev–Trinajstić information content (AvgIpc) is 2.27. The fourth-order valence-electron chi connectivity index (χ4n) is 1.37. The smallest absolute Gasteiger partial charge is 0.228 e. The maximum Gasteiger partial charge on any atom is 0.228 e. The summed E-state index contributed by atoms with van der Waals surface area (Å²) in [6.07, 6.45) is 8.09. The summed E-state index contributed by atoms with van der Waals surface area (Å²) in [4.78, 5) is 11.4. The summed E-state index contributed by atoms with van der Waals surface area (Å²) in [5.74, 6) is 0.0254. The number of carbonyl (C=O) groups is 1. The topological polar surface area (TPSA) is 29.1 Å². The van der Waals surface area contributed by atoms with Crippen molar-refractivity contribution in [1.82, 2.24) is 0 Å². The van der Waals surface area contributed by atoms with Crippen LogP contribution in [0.3, 0.4) is 0 Å². The van der Waals surface area contributed by atoms with Crippen LogP contribution < -0.4 is 5.32 Å². The molecule has 1 aliphatic rings. The van der Waals surface area contributed by atoms with E-state index < -0.39 is 0 Å². The van der Waals surface area contributed by atoms with E-state index in [9.17, 15) is 4.79 Å². The van der Waals surface area contributed by atoms with Crippen molar-refractivity contribution >= 4 is 17.7 Å². The van der Waals surface area contributed by atoms with Gasteiger partial charge in [-0.15, -0.1) is 0 Å². The number of hydrogen-bond acceptors (Lipinski definition) is 1. The number of carbonyl (C=O) groups excluding carboxylic acids is 1. The highest BCUT2D eigenvalue weighted by Crippen LogP contribution is 2.17. The van der Waals surface area contributed by atoms with Gasteiger partial charge in [-0.2, -0.15) is 0 Å². The molecule has 1 aromatic rings. The minimum atomic E-state index is 0.0254. The van der Waals surface area contributed by atoms with Gasteiger partial charge in [0.1, 0.15) is 0 Å². The molecule has 1 amide bonds. The average molecular weight is 185 g/mol. The third kappa shape index (κ3) is 1.91. The van der Waals surface area contributed by atoms with Crippen molar-refractivity contribution < 1.29 is 4.79 Å². The van der Waals surface area contributed by atoms with Gasteiger partial charge >= 0.3 is 0 Å². The van der Waals surface area contributed by atoms with E-state index in [-0.39, 0.29) is 5.91 Å². The molecule has 0 fully saturated rings. The lowest BCUT2D eigenvalue weighted by molar-refractivity contribution is -0.115. The standard InChI is InChI=1S/C12H11NO/c14-12-9-3-1-2-6-10-7-4-5-8-11(10)13-12/h1-8H,9H2,(H,13,14)/b3-1-,6-2-. The fourth-order valence-corrected chi connectivity index (χ4v) is 1.37. The Hall–Kier alpha value is -1.83. The van der Waals surface area contributed by atoms with Crippen molar-refractivity contribution in [3.05, 3.63) is 48.1 Å². The molecule has 0 atom stereocenters. The quantitative estimate of drug-likeness (QED) is 0.661. The lowest BCUT2D eigenvalue weighted by Crippen LogP contribution is -2.10. The minimum Gasteiger partial charge on any atom is -0.325 e. The van der Waals surface area contributed by atoms with Crippen molar-refractivity contribution in [2.45, 2.75) is 6.42 Å². The SMILES string of the molecule is O=C1C/C=C\C=C/c2ccccc2N1. The maximum absolute atomic E-state index is 11.4. The molecule has 1 aliphatic heterocycles. The number of para-hydroxylation sites is 1. The summed E-state index contributed by atoms with van der Waals surface area (Å²) in [5.41, 5.74) is 1.91. The highest BCUT2D eigenvalue weighted by Gasteiger charge is 2.03. The summed E-state index contributed by atoms with van der Waals surface area (Å²) in [5, 5.41) is 2.86. The normalized spacial score (nSPS) is 19.6. The Kier molecular flexibility index (Phi) is 2.45. The van der Waals surface area contributed by atoms with E-state index in [2.05, 4.69) is 5.32 Å². The van der Waals surface area contributed by atoms with Crippen molar-refractivity contribution in [1.29, 1.82) is 0 Å². The molecular weight excluding hydrogens is 174 g/mol. The highest BCUT2D eigenvalue weighted by molar-refractivity contribution is 5.94. The summed E-state index contributed by atoms with van der Waals surface area (Å²) >= 11 is 0. The van der Waals surface area contributed by atoms with Crippen LogP contribution in [0, 0.1) is 0 Å². The molecule has 70 valence electrons. The molecule has 0 unspecified atom stereocenters. The van der Waals surface area contributed by atoms with Crippen molar-refractivity contribution in [3.8, 4) is 0 Å². The van der Waals surface area contributed by atoms with Gasteiger partial charge in [0.15, 0.2) is 0 Å². The van der Waals surface area contributed by atoms with E-state index in [0.29, 0.717) is 6.42 Å². The maximum atomic E-state index is 11.4. The molecule has 1 aromatic carbocycles. The highest BCUT2D eigenvalue weighted by atomic mass is 16.1. The summed E-state index contributed by atoms with van der Waals surface area (Å²) in [7, 11) is 0. The van der Waals surface area contributed by atoms with E-state index in [1.807, 2.05) is 48.6 Å². The van der Waals surface area contributed by atoms with Crippen LogP contribution in [-0.4, -0.2) is 5.91 Å². The molecule has 2 heteroatoms. The molecule has 1 heterocycles. The zero-order chi connectivity index (χ0) is 9.80. The molecule has 0 aliphatic carbocycles. The van der Waals surface area contributed by atoms with Crippen LogP contribution in [0.25, 0.3) is 6.08 Å². The third-order valence-electron chi connectivity index (χ3n) is 2.06. The predicted molar refractivity (Wildman–Crippen MR) is 57.9 cm³/mol. The van der Waals surface area contributed by atoms with E-state index in [4.69, 9.17) is 0 Å². The van der Waals surface area contributed by atoms with Gasteiger partial charge in [0.25, 0.3) is 0 Å². The Morgan fingerprint density at radius 1 is 1.14 bits per heavy atom. The molecule has 0 spiro atoms. The van der Waals surface area contributed by atoms with Crippen molar-refractivity contribution in [2.75, 3.05) is 5.32 Å². The number of fused-ring (bicyclic) bond motifs is 1. The summed E-state index contributed by atoms with van der Waals surface area (Å²) in [6.45, 7) is 0. The van der Waals surface area contributed by atoms with E-state index >= 15 is 0 Å². The Labute approximate surface area is 82.9 Å². The van der Waals surface area contributed by atoms with E-state index in [1.165, 1.54) is 0 Å². The van der Waals surface area contributed by atoms with Gasteiger partial charge in [0.05, 0.1) is 0 Å². The number of hydrogen-bond donors (Lipinski definition) is 1. The summed E-state index contributed by atoms with van der Waals surface area (Å²) < 4.78 is 0. The number of allylic oxidation sites excluding steroid dienone is 2. The largest absolute Gasteiger partial charge is 0.325 e. The zero-order valence-corrected chi connectivity index (χ0v) is 7.73. The van der Waals surface area contributed by atoms with Crippen LogP contribution in [0.15, 0.2) is 42.5 Å². The number of rotatable bonds is 0. The van der Waals surface area contributed by atoms with Gasteiger partial charge in [0, 0.05) is 12.1 Å². The first-order valence-corrected chi connectivity index (χ1v) is 4.58. The molecule has 2 rings (SSSR count). The van der Waals surface area contributed by atoms with Crippen LogP contribution >= 0.6 is 0 Å². The fraction of sp³-hybridized carbons (Fsp3) is 0.0833. The molecule has 0 radical (unpaired) electrons. The van der Waals surface area contributed by atoms with Gasteiger partial charge in [-0.1, -0.05) is 42.5 Å². The Morgan fingerprint density at radius 2 is 2.00 bits per heavy atom. The molecule has 0 aromatic heterocycles. The summed E-state index contributed by atoms with van der Waals surface area (Å²) in [6, 6.07) is 7.75. The second kappa shape index (κ2) is 3.92. The minimum absolute atomic E-state index is 0.0254. The molecule has 0 bridgehead atoms.